The summed E-state index contributed by atoms with van der Waals surface area (Å²) in [6, 6.07) is 8.60. The van der Waals surface area contributed by atoms with Crippen molar-refractivity contribution in [3.05, 3.63) is 46.2 Å². The van der Waals surface area contributed by atoms with Crippen molar-refractivity contribution >= 4 is 11.6 Å². The number of rotatable bonds is 4. The first-order chi connectivity index (χ1) is 8.97. The Morgan fingerprint density at radius 1 is 1.26 bits per heavy atom. The number of aryl methyl sites for hydroxylation is 2. The summed E-state index contributed by atoms with van der Waals surface area (Å²) >= 11 is 6.34. The van der Waals surface area contributed by atoms with Gasteiger partial charge in [0.2, 0.25) is 0 Å². The minimum absolute atomic E-state index is 0.451. The van der Waals surface area contributed by atoms with E-state index < -0.39 is 0 Å². The lowest BCUT2D eigenvalue weighted by Crippen LogP contribution is -2.22. The monoisotopic (exact) mass is 277 g/mol. The molecule has 1 aromatic heterocycles. The van der Waals surface area contributed by atoms with Crippen LogP contribution in [0.4, 0.5) is 0 Å². The minimum Gasteiger partial charge on any atom is -0.310 e. The fraction of sp³-hybridized carbons (Fsp3) is 0.400. The number of aromatic nitrogens is 2. The van der Waals surface area contributed by atoms with E-state index in [1.807, 2.05) is 24.6 Å². The molecule has 2 aromatic rings. The van der Waals surface area contributed by atoms with E-state index >= 15 is 0 Å². The van der Waals surface area contributed by atoms with E-state index in [-0.39, 0.29) is 0 Å². The molecular formula is C15H20ClN3. The Balaban J connectivity index is 2.26. The fourth-order valence-corrected chi connectivity index (χ4v) is 2.26. The summed E-state index contributed by atoms with van der Waals surface area (Å²) < 4.78 is 1.92. The zero-order valence-electron chi connectivity index (χ0n) is 11.9. The van der Waals surface area contributed by atoms with Crippen LogP contribution in [-0.4, -0.2) is 15.8 Å². The highest BCUT2D eigenvalue weighted by atomic mass is 35.5. The van der Waals surface area contributed by atoms with E-state index in [1.54, 1.807) is 0 Å². The molecule has 4 heteroatoms. The van der Waals surface area contributed by atoms with Gasteiger partial charge in [-0.2, -0.15) is 5.10 Å². The summed E-state index contributed by atoms with van der Waals surface area (Å²) in [6.45, 7) is 9.07. The van der Waals surface area contributed by atoms with E-state index in [4.69, 9.17) is 11.6 Å². The van der Waals surface area contributed by atoms with Crippen LogP contribution in [0.5, 0.6) is 0 Å². The second-order valence-corrected chi connectivity index (χ2v) is 5.56. The molecule has 19 heavy (non-hydrogen) atoms. The highest BCUT2D eigenvalue weighted by Crippen LogP contribution is 2.21. The van der Waals surface area contributed by atoms with Crippen molar-refractivity contribution in [1.82, 2.24) is 15.1 Å². The van der Waals surface area contributed by atoms with Crippen LogP contribution in [0.1, 0.15) is 30.8 Å². The molecule has 1 N–H and O–H groups in total. The van der Waals surface area contributed by atoms with E-state index in [0.29, 0.717) is 6.04 Å². The van der Waals surface area contributed by atoms with Crippen molar-refractivity contribution in [1.29, 1.82) is 0 Å². The first-order valence-corrected chi connectivity index (χ1v) is 6.90. The first-order valence-electron chi connectivity index (χ1n) is 6.53. The molecule has 0 unspecified atom stereocenters. The van der Waals surface area contributed by atoms with Gasteiger partial charge in [0, 0.05) is 23.3 Å². The quantitative estimate of drug-likeness (QED) is 0.925. The molecule has 0 fully saturated rings. The van der Waals surface area contributed by atoms with Gasteiger partial charge < -0.3 is 5.32 Å². The zero-order chi connectivity index (χ0) is 14.0. The van der Waals surface area contributed by atoms with Crippen molar-refractivity contribution in [3.8, 4) is 5.69 Å². The standard InChI is InChI=1S/C15H20ClN3/c1-10(2)17-9-13-5-6-14(8-15(13)16)19-12(4)7-11(3)18-19/h5-8,10,17H,9H2,1-4H3. The molecular weight excluding hydrogens is 258 g/mol. The lowest BCUT2D eigenvalue weighted by molar-refractivity contribution is 0.589. The summed E-state index contributed by atoms with van der Waals surface area (Å²) in [5, 5.41) is 8.61. The summed E-state index contributed by atoms with van der Waals surface area (Å²) in [6.07, 6.45) is 0. The van der Waals surface area contributed by atoms with Gasteiger partial charge in [0.25, 0.3) is 0 Å². The van der Waals surface area contributed by atoms with E-state index in [0.717, 1.165) is 34.2 Å². The first kappa shape index (κ1) is 14.1. The number of nitrogens with zero attached hydrogens (tertiary/aromatic N) is 2. The number of hydrogen-bond donors (Lipinski definition) is 1. The van der Waals surface area contributed by atoms with E-state index in [1.165, 1.54) is 0 Å². The normalized spacial score (nSPS) is 11.3. The summed E-state index contributed by atoms with van der Waals surface area (Å²) in [5.74, 6) is 0. The van der Waals surface area contributed by atoms with Gasteiger partial charge in [0.15, 0.2) is 0 Å². The number of halogens is 1. The third kappa shape index (κ3) is 3.37. The number of nitrogens with one attached hydrogen (secondary N) is 1. The average molecular weight is 278 g/mol. The van der Waals surface area contributed by atoms with Gasteiger partial charge in [-0.25, -0.2) is 4.68 Å². The predicted molar refractivity (Wildman–Crippen MR) is 80.0 cm³/mol. The van der Waals surface area contributed by atoms with Gasteiger partial charge >= 0.3 is 0 Å². The molecule has 0 atom stereocenters. The van der Waals surface area contributed by atoms with Crippen LogP contribution < -0.4 is 5.32 Å². The molecule has 0 saturated carbocycles. The topological polar surface area (TPSA) is 29.9 Å². The van der Waals surface area contributed by atoms with Gasteiger partial charge in [-0.1, -0.05) is 31.5 Å². The smallest absolute Gasteiger partial charge is 0.0663 e. The molecule has 2 rings (SSSR count). The summed E-state index contributed by atoms with van der Waals surface area (Å²) in [4.78, 5) is 0. The maximum absolute atomic E-state index is 6.34. The van der Waals surface area contributed by atoms with Gasteiger partial charge in [0.05, 0.1) is 11.4 Å². The maximum Gasteiger partial charge on any atom is 0.0663 e. The van der Waals surface area contributed by atoms with Crippen LogP contribution in [0.25, 0.3) is 5.69 Å². The molecule has 0 aliphatic rings. The second kappa shape index (κ2) is 5.76. The molecule has 0 saturated heterocycles. The van der Waals surface area contributed by atoms with Crippen LogP contribution in [0.3, 0.4) is 0 Å². The highest BCUT2D eigenvalue weighted by molar-refractivity contribution is 6.31. The second-order valence-electron chi connectivity index (χ2n) is 5.15. The Labute approximate surface area is 119 Å². The predicted octanol–water partition coefficient (Wildman–Crippen LogP) is 3.64. The Kier molecular flexibility index (Phi) is 4.27. The summed E-state index contributed by atoms with van der Waals surface area (Å²) in [7, 11) is 0. The maximum atomic E-state index is 6.34. The third-order valence-electron chi connectivity index (χ3n) is 2.99. The van der Waals surface area contributed by atoms with E-state index in [2.05, 4.69) is 42.5 Å². The van der Waals surface area contributed by atoms with Crippen LogP contribution in [-0.2, 0) is 6.54 Å². The minimum atomic E-state index is 0.451. The van der Waals surface area contributed by atoms with Crippen molar-refractivity contribution < 1.29 is 0 Å². The number of hydrogen-bond acceptors (Lipinski definition) is 2. The fourth-order valence-electron chi connectivity index (χ4n) is 2.02. The molecule has 0 spiro atoms. The van der Waals surface area contributed by atoms with Crippen LogP contribution in [0.2, 0.25) is 5.02 Å². The Bertz CT molecular complexity index is 573. The molecule has 0 radical (unpaired) electrons. The molecule has 102 valence electrons. The Hall–Kier alpha value is -1.32. The SMILES string of the molecule is Cc1cc(C)n(-c2ccc(CNC(C)C)c(Cl)c2)n1. The molecule has 1 aromatic carbocycles. The zero-order valence-corrected chi connectivity index (χ0v) is 12.6. The molecule has 0 amide bonds. The van der Waals surface area contributed by atoms with Crippen molar-refractivity contribution in [3.63, 3.8) is 0 Å². The van der Waals surface area contributed by atoms with Crippen LogP contribution >= 0.6 is 11.6 Å². The van der Waals surface area contributed by atoms with Crippen molar-refractivity contribution in [2.45, 2.75) is 40.3 Å². The van der Waals surface area contributed by atoms with Gasteiger partial charge in [-0.05, 0) is 37.6 Å². The lowest BCUT2D eigenvalue weighted by Gasteiger charge is -2.11. The molecule has 0 aliphatic heterocycles. The van der Waals surface area contributed by atoms with Gasteiger partial charge in [-0.3, -0.25) is 0 Å². The molecule has 0 bridgehead atoms. The molecule has 1 heterocycles. The van der Waals surface area contributed by atoms with Crippen LogP contribution in [0.15, 0.2) is 24.3 Å². The largest absolute Gasteiger partial charge is 0.310 e. The molecule has 3 nitrogen and oxygen atoms in total. The van der Waals surface area contributed by atoms with Crippen molar-refractivity contribution in [2.24, 2.45) is 0 Å². The average Bonchev–Trinajstić information content (AvgIpc) is 2.66. The van der Waals surface area contributed by atoms with E-state index in [9.17, 15) is 0 Å². The van der Waals surface area contributed by atoms with Crippen LogP contribution in [0, 0.1) is 13.8 Å². The molecule has 0 aliphatic carbocycles. The van der Waals surface area contributed by atoms with Gasteiger partial charge in [0.1, 0.15) is 0 Å². The summed E-state index contributed by atoms with van der Waals surface area (Å²) in [5.41, 5.74) is 4.24. The number of benzene rings is 1. The highest BCUT2D eigenvalue weighted by Gasteiger charge is 2.07. The Morgan fingerprint density at radius 3 is 2.53 bits per heavy atom. The van der Waals surface area contributed by atoms with Gasteiger partial charge in [-0.15, -0.1) is 0 Å². The Morgan fingerprint density at radius 2 is 2.00 bits per heavy atom. The van der Waals surface area contributed by atoms with Crippen molar-refractivity contribution in [2.75, 3.05) is 0 Å². The lowest BCUT2D eigenvalue weighted by atomic mass is 10.2. The third-order valence-corrected chi connectivity index (χ3v) is 3.34.